The van der Waals surface area contributed by atoms with Gasteiger partial charge in [0.05, 0.1) is 12.4 Å². The number of hydrogen-bond acceptors (Lipinski definition) is 5. The van der Waals surface area contributed by atoms with E-state index in [4.69, 9.17) is 11.6 Å². The summed E-state index contributed by atoms with van der Waals surface area (Å²) in [5, 5.41) is 3.85. The highest BCUT2D eigenvalue weighted by molar-refractivity contribution is 6.31. The fourth-order valence-corrected chi connectivity index (χ4v) is 2.70. The lowest BCUT2D eigenvalue weighted by Crippen LogP contribution is -2.29. The van der Waals surface area contributed by atoms with Gasteiger partial charge in [0.2, 0.25) is 0 Å². The van der Waals surface area contributed by atoms with Crippen LogP contribution in [0, 0.1) is 0 Å². The maximum absolute atomic E-state index is 12.5. The molecule has 2 heterocycles. The second kappa shape index (κ2) is 9.09. The summed E-state index contributed by atoms with van der Waals surface area (Å²) in [6.07, 6.45) is 7.30. The molecular weight excluding hydrogens is 362 g/mol. The van der Waals surface area contributed by atoms with Crippen LogP contribution in [-0.2, 0) is 13.0 Å². The summed E-state index contributed by atoms with van der Waals surface area (Å²) in [6, 6.07) is 11.5. The van der Waals surface area contributed by atoms with E-state index in [1.807, 2.05) is 36.4 Å². The number of hydrogen-bond donors (Lipinski definition) is 1. The maximum Gasteiger partial charge on any atom is 0.273 e. The average molecular weight is 382 g/mol. The highest BCUT2D eigenvalue weighted by atomic mass is 35.5. The summed E-state index contributed by atoms with van der Waals surface area (Å²) < 4.78 is 0. The number of nitrogens with one attached hydrogen (secondary N) is 1. The summed E-state index contributed by atoms with van der Waals surface area (Å²) in [5.41, 5.74) is 2.42. The first-order valence-electron chi connectivity index (χ1n) is 8.57. The predicted octanol–water partition coefficient (Wildman–Crippen LogP) is 3.45. The van der Waals surface area contributed by atoms with Crippen molar-refractivity contribution in [1.29, 1.82) is 0 Å². The SMILES string of the molecule is CN(CCc1ccncc1)C(=O)c1cnc(NCc2ccccc2Cl)cn1. The number of carbonyl (C=O) groups is 1. The number of aromatic nitrogens is 3. The summed E-state index contributed by atoms with van der Waals surface area (Å²) in [5.74, 6) is 0.431. The Morgan fingerprint density at radius 3 is 2.59 bits per heavy atom. The smallest absolute Gasteiger partial charge is 0.273 e. The van der Waals surface area contributed by atoms with Crippen molar-refractivity contribution in [1.82, 2.24) is 19.9 Å². The van der Waals surface area contributed by atoms with Gasteiger partial charge in [-0.25, -0.2) is 9.97 Å². The number of anilines is 1. The quantitative estimate of drug-likeness (QED) is 0.678. The van der Waals surface area contributed by atoms with E-state index in [0.717, 1.165) is 17.5 Å². The summed E-state index contributed by atoms with van der Waals surface area (Å²) in [6.45, 7) is 1.13. The molecular formula is C20H20ClN5O. The molecule has 0 aliphatic heterocycles. The Kier molecular flexibility index (Phi) is 6.33. The summed E-state index contributed by atoms with van der Waals surface area (Å²) >= 11 is 6.14. The zero-order valence-corrected chi connectivity index (χ0v) is 15.7. The molecule has 138 valence electrons. The molecule has 2 aromatic heterocycles. The van der Waals surface area contributed by atoms with Gasteiger partial charge in [0.25, 0.3) is 5.91 Å². The van der Waals surface area contributed by atoms with Gasteiger partial charge in [0.1, 0.15) is 11.5 Å². The molecule has 0 spiro atoms. The molecule has 0 aliphatic carbocycles. The predicted molar refractivity (Wildman–Crippen MR) is 106 cm³/mol. The Morgan fingerprint density at radius 1 is 1.11 bits per heavy atom. The highest BCUT2D eigenvalue weighted by Crippen LogP contribution is 2.16. The molecule has 6 nitrogen and oxygen atoms in total. The van der Waals surface area contributed by atoms with Crippen LogP contribution in [0.2, 0.25) is 5.02 Å². The van der Waals surface area contributed by atoms with E-state index in [1.54, 1.807) is 30.5 Å². The number of halogens is 1. The van der Waals surface area contributed by atoms with E-state index >= 15 is 0 Å². The first-order chi connectivity index (χ1) is 13.1. The Morgan fingerprint density at radius 2 is 1.89 bits per heavy atom. The van der Waals surface area contributed by atoms with Gasteiger partial charge in [-0.2, -0.15) is 0 Å². The lowest BCUT2D eigenvalue weighted by atomic mass is 10.2. The molecule has 0 unspecified atom stereocenters. The van der Waals surface area contributed by atoms with Crippen molar-refractivity contribution < 1.29 is 4.79 Å². The average Bonchev–Trinajstić information content (AvgIpc) is 2.72. The normalized spacial score (nSPS) is 10.4. The van der Waals surface area contributed by atoms with E-state index in [2.05, 4.69) is 20.3 Å². The van der Waals surface area contributed by atoms with Gasteiger partial charge in [-0.3, -0.25) is 9.78 Å². The number of amides is 1. The largest absolute Gasteiger partial charge is 0.365 e. The Balaban J connectivity index is 1.54. The molecule has 0 bridgehead atoms. The van der Waals surface area contributed by atoms with E-state index in [-0.39, 0.29) is 5.91 Å². The van der Waals surface area contributed by atoms with E-state index in [9.17, 15) is 4.79 Å². The number of likely N-dealkylation sites (N-methyl/N-ethyl adjacent to an activating group) is 1. The number of carbonyl (C=O) groups excluding carboxylic acids is 1. The number of nitrogens with zero attached hydrogens (tertiary/aromatic N) is 4. The molecule has 0 radical (unpaired) electrons. The van der Waals surface area contributed by atoms with Crippen LogP contribution in [0.15, 0.2) is 61.2 Å². The third-order valence-electron chi connectivity index (χ3n) is 4.12. The van der Waals surface area contributed by atoms with Crippen LogP contribution < -0.4 is 5.32 Å². The zero-order chi connectivity index (χ0) is 19.1. The van der Waals surface area contributed by atoms with Gasteiger partial charge >= 0.3 is 0 Å². The molecule has 3 rings (SSSR count). The molecule has 1 amide bonds. The van der Waals surface area contributed by atoms with Crippen LogP contribution in [0.1, 0.15) is 21.6 Å². The topological polar surface area (TPSA) is 71.0 Å². The van der Waals surface area contributed by atoms with Crippen LogP contribution in [0.3, 0.4) is 0 Å². The van der Waals surface area contributed by atoms with Crippen molar-refractivity contribution in [3.8, 4) is 0 Å². The standard InChI is InChI=1S/C20H20ClN5O/c1-26(11-8-15-6-9-22-10-7-15)20(27)18-13-25-19(14-23-18)24-12-16-4-2-3-5-17(16)21/h2-7,9-10,13-14H,8,11-12H2,1H3,(H,24,25). The Hall–Kier alpha value is -2.99. The zero-order valence-electron chi connectivity index (χ0n) is 15.0. The summed E-state index contributed by atoms with van der Waals surface area (Å²) in [4.78, 5) is 26.6. The highest BCUT2D eigenvalue weighted by Gasteiger charge is 2.13. The summed E-state index contributed by atoms with van der Waals surface area (Å²) in [7, 11) is 1.76. The van der Waals surface area contributed by atoms with Gasteiger partial charge in [0, 0.05) is 37.6 Å². The number of rotatable bonds is 7. The lowest BCUT2D eigenvalue weighted by Gasteiger charge is -2.16. The van der Waals surface area contributed by atoms with Gasteiger partial charge in [0.15, 0.2) is 0 Å². The Bertz CT molecular complexity index is 886. The third-order valence-corrected chi connectivity index (χ3v) is 4.49. The van der Waals surface area contributed by atoms with Crippen LogP contribution in [0.25, 0.3) is 0 Å². The number of pyridine rings is 1. The molecule has 7 heteroatoms. The molecule has 0 saturated carbocycles. The monoisotopic (exact) mass is 381 g/mol. The van der Waals surface area contributed by atoms with Gasteiger partial charge in [-0.15, -0.1) is 0 Å². The van der Waals surface area contributed by atoms with E-state index in [1.165, 1.54) is 6.20 Å². The van der Waals surface area contributed by atoms with E-state index < -0.39 is 0 Å². The Labute approximate surface area is 163 Å². The van der Waals surface area contributed by atoms with Crippen LogP contribution in [0.4, 0.5) is 5.82 Å². The van der Waals surface area contributed by atoms with Gasteiger partial charge in [-0.1, -0.05) is 29.8 Å². The molecule has 1 aromatic carbocycles. The van der Waals surface area contributed by atoms with Crippen molar-refractivity contribution in [2.24, 2.45) is 0 Å². The second-order valence-corrected chi connectivity index (χ2v) is 6.47. The molecule has 1 N–H and O–H groups in total. The molecule has 27 heavy (non-hydrogen) atoms. The van der Waals surface area contributed by atoms with Gasteiger partial charge < -0.3 is 10.2 Å². The van der Waals surface area contributed by atoms with Crippen molar-refractivity contribution in [3.63, 3.8) is 0 Å². The van der Waals surface area contributed by atoms with Crippen LogP contribution >= 0.6 is 11.6 Å². The molecule has 0 aliphatic rings. The van der Waals surface area contributed by atoms with Crippen molar-refractivity contribution >= 4 is 23.3 Å². The maximum atomic E-state index is 12.5. The second-order valence-electron chi connectivity index (χ2n) is 6.06. The molecule has 0 atom stereocenters. The number of benzene rings is 1. The van der Waals surface area contributed by atoms with Gasteiger partial charge in [-0.05, 0) is 35.7 Å². The van der Waals surface area contributed by atoms with Crippen LogP contribution in [-0.4, -0.2) is 39.4 Å². The van der Waals surface area contributed by atoms with E-state index in [0.29, 0.717) is 29.6 Å². The fourth-order valence-electron chi connectivity index (χ4n) is 2.50. The minimum Gasteiger partial charge on any atom is -0.365 e. The molecule has 0 fully saturated rings. The van der Waals surface area contributed by atoms with Crippen LogP contribution in [0.5, 0.6) is 0 Å². The van der Waals surface area contributed by atoms with Crippen molar-refractivity contribution in [2.75, 3.05) is 18.9 Å². The van der Waals surface area contributed by atoms with Crippen molar-refractivity contribution in [2.45, 2.75) is 13.0 Å². The minimum atomic E-state index is -0.158. The lowest BCUT2D eigenvalue weighted by molar-refractivity contribution is 0.0790. The molecule has 0 saturated heterocycles. The first kappa shape index (κ1) is 18.8. The minimum absolute atomic E-state index is 0.158. The first-order valence-corrected chi connectivity index (χ1v) is 8.95. The molecule has 3 aromatic rings. The third kappa shape index (κ3) is 5.24. The van der Waals surface area contributed by atoms with Crippen molar-refractivity contribution in [3.05, 3.63) is 83.0 Å². The fraction of sp³-hybridized carbons (Fsp3) is 0.200.